The molecule has 0 radical (unpaired) electrons. The minimum absolute atomic E-state index is 0.598. The summed E-state index contributed by atoms with van der Waals surface area (Å²) in [6.07, 6.45) is 6.32. The molecule has 1 aliphatic heterocycles. The summed E-state index contributed by atoms with van der Waals surface area (Å²) in [5.41, 5.74) is 0. The highest BCUT2D eigenvalue weighted by Gasteiger charge is 2.33. The maximum Gasteiger partial charge on any atom is 0.225 e. The lowest BCUT2D eigenvalue weighted by Gasteiger charge is -2.37. The molecule has 1 saturated carbocycles. The number of guanidine groups is 1. The lowest BCUT2D eigenvalue weighted by atomic mass is 10.1. The molecule has 0 amide bonds. The van der Waals surface area contributed by atoms with Crippen LogP contribution >= 0.6 is 0 Å². The molecular weight excluding hydrogens is 302 g/mol. The van der Waals surface area contributed by atoms with Crippen LogP contribution in [-0.2, 0) is 0 Å². The number of aliphatic imine (C=N–C) groups is 1. The van der Waals surface area contributed by atoms with Gasteiger partial charge in [-0.2, -0.15) is 0 Å². The number of likely N-dealkylation sites (N-methyl/N-ethyl adjacent to an activating group) is 1. The molecule has 3 rings (SSSR count). The van der Waals surface area contributed by atoms with E-state index < -0.39 is 0 Å². The molecule has 132 valence electrons. The molecule has 2 fully saturated rings. The van der Waals surface area contributed by atoms with Gasteiger partial charge in [-0.1, -0.05) is 0 Å². The van der Waals surface area contributed by atoms with Gasteiger partial charge in [0.1, 0.15) is 0 Å². The van der Waals surface area contributed by atoms with E-state index in [9.17, 15) is 0 Å². The van der Waals surface area contributed by atoms with Gasteiger partial charge in [-0.15, -0.1) is 0 Å². The number of rotatable bonds is 5. The van der Waals surface area contributed by atoms with E-state index in [0.29, 0.717) is 6.04 Å². The molecule has 24 heavy (non-hydrogen) atoms. The van der Waals surface area contributed by atoms with Crippen LogP contribution in [0.25, 0.3) is 0 Å². The maximum atomic E-state index is 4.48. The van der Waals surface area contributed by atoms with Gasteiger partial charge in [0.2, 0.25) is 5.95 Å². The van der Waals surface area contributed by atoms with Crippen LogP contribution in [0.15, 0.2) is 23.5 Å². The highest BCUT2D eigenvalue weighted by Crippen LogP contribution is 2.34. The Labute approximate surface area is 144 Å². The number of piperazine rings is 1. The largest absolute Gasteiger partial charge is 0.355 e. The van der Waals surface area contributed by atoms with Gasteiger partial charge in [-0.3, -0.25) is 4.99 Å². The predicted octanol–water partition coefficient (Wildman–Crippen LogP) is 0.514. The molecule has 7 nitrogen and oxygen atoms in total. The van der Waals surface area contributed by atoms with Crippen LogP contribution in [0, 0.1) is 5.92 Å². The molecular formula is C17H29N7. The molecule has 1 aromatic heterocycles. The van der Waals surface area contributed by atoms with Crippen LogP contribution in [-0.4, -0.2) is 85.6 Å². The molecule has 2 heterocycles. The quantitative estimate of drug-likeness (QED) is 0.627. The van der Waals surface area contributed by atoms with Crippen molar-refractivity contribution in [1.82, 2.24) is 25.1 Å². The Morgan fingerprint density at radius 2 is 1.92 bits per heavy atom. The average Bonchev–Trinajstić information content (AvgIpc) is 3.44. The second kappa shape index (κ2) is 7.79. The second-order valence-electron chi connectivity index (χ2n) is 6.82. The summed E-state index contributed by atoms with van der Waals surface area (Å²) in [6.45, 7) is 4.68. The van der Waals surface area contributed by atoms with Crippen molar-refractivity contribution in [2.24, 2.45) is 10.9 Å². The Balaban J connectivity index is 1.50. The summed E-state index contributed by atoms with van der Waals surface area (Å²) < 4.78 is 0. The first-order chi connectivity index (χ1) is 11.7. The van der Waals surface area contributed by atoms with Gasteiger partial charge in [0.15, 0.2) is 5.96 Å². The number of nitrogens with one attached hydrogen (secondary N) is 1. The summed E-state index contributed by atoms with van der Waals surface area (Å²) in [7, 11) is 6.22. The lowest BCUT2D eigenvalue weighted by Crippen LogP contribution is -2.54. The zero-order valence-electron chi connectivity index (χ0n) is 15.0. The minimum atomic E-state index is 0.598. The van der Waals surface area contributed by atoms with Crippen molar-refractivity contribution in [2.75, 3.05) is 58.8 Å². The predicted molar refractivity (Wildman–Crippen MR) is 97.4 cm³/mol. The molecule has 1 aromatic rings. The molecule has 7 heteroatoms. The Hall–Kier alpha value is -1.89. The van der Waals surface area contributed by atoms with Crippen LogP contribution in [0.3, 0.4) is 0 Å². The highest BCUT2D eigenvalue weighted by molar-refractivity contribution is 5.80. The molecule has 1 atom stereocenters. The first-order valence-corrected chi connectivity index (χ1v) is 8.83. The third-order valence-electron chi connectivity index (χ3n) is 4.92. The van der Waals surface area contributed by atoms with E-state index in [1.807, 2.05) is 13.1 Å². The van der Waals surface area contributed by atoms with Gasteiger partial charge in [0, 0.05) is 58.2 Å². The third-order valence-corrected chi connectivity index (χ3v) is 4.92. The zero-order valence-corrected chi connectivity index (χ0v) is 15.0. The van der Waals surface area contributed by atoms with Crippen molar-refractivity contribution in [1.29, 1.82) is 0 Å². The van der Waals surface area contributed by atoms with Crippen molar-refractivity contribution in [3.05, 3.63) is 18.5 Å². The van der Waals surface area contributed by atoms with Gasteiger partial charge < -0.3 is 20.0 Å². The van der Waals surface area contributed by atoms with E-state index in [-0.39, 0.29) is 0 Å². The van der Waals surface area contributed by atoms with Crippen LogP contribution < -0.4 is 10.2 Å². The van der Waals surface area contributed by atoms with E-state index >= 15 is 0 Å². The molecule has 0 aromatic carbocycles. The molecule has 1 unspecified atom stereocenters. The number of nitrogens with zero attached hydrogens (tertiary/aromatic N) is 6. The Bertz CT molecular complexity index is 531. The number of hydrogen-bond donors (Lipinski definition) is 1. The summed E-state index contributed by atoms with van der Waals surface area (Å²) in [5.74, 6) is 2.68. The SMILES string of the molecule is CN=C(NCC(C1CC1)N(C)C)N1CCN(c2ncccn2)CC1. The van der Waals surface area contributed by atoms with E-state index in [4.69, 9.17) is 0 Å². The summed E-state index contributed by atoms with van der Waals surface area (Å²) in [6, 6.07) is 2.45. The fourth-order valence-electron chi connectivity index (χ4n) is 3.35. The van der Waals surface area contributed by atoms with Crippen molar-refractivity contribution >= 4 is 11.9 Å². The molecule has 0 bridgehead atoms. The van der Waals surface area contributed by atoms with Crippen molar-refractivity contribution in [3.8, 4) is 0 Å². The van der Waals surface area contributed by atoms with E-state index in [1.54, 1.807) is 12.4 Å². The summed E-state index contributed by atoms with van der Waals surface area (Å²) in [5, 5.41) is 3.58. The first-order valence-electron chi connectivity index (χ1n) is 8.83. The van der Waals surface area contributed by atoms with Crippen molar-refractivity contribution < 1.29 is 0 Å². The maximum absolute atomic E-state index is 4.48. The fourth-order valence-corrected chi connectivity index (χ4v) is 3.35. The number of anilines is 1. The van der Waals surface area contributed by atoms with Gasteiger partial charge in [0.25, 0.3) is 0 Å². The molecule has 2 aliphatic rings. The van der Waals surface area contributed by atoms with Crippen LogP contribution in [0.5, 0.6) is 0 Å². The number of hydrogen-bond acceptors (Lipinski definition) is 5. The van der Waals surface area contributed by atoms with Crippen molar-refractivity contribution in [3.63, 3.8) is 0 Å². The Morgan fingerprint density at radius 3 is 2.46 bits per heavy atom. The third kappa shape index (κ3) is 4.14. The second-order valence-corrected chi connectivity index (χ2v) is 6.82. The van der Waals surface area contributed by atoms with Gasteiger partial charge >= 0.3 is 0 Å². The van der Waals surface area contributed by atoms with Gasteiger partial charge in [0.05, 0.1) is 0 Å². The van der Waals surface area contributed by atoms with E-state index in [1.165, 1.54) is 12.8 Å². The zero-order chi connectivity index (χ0) is 16.9. The van der Waals surface area contributed by atoms with E-state index in [2.05, 4.69) is 49.1 Å². The molecule has 1 aliphatic carbocycles. The average molecular weight is 331 g/mol. The molecule has 1 N–H and O–H groups in total. The normalized spacial score (nSPS) is 20.4. The van der Waals surface area contributed by atoms with Gasteiger partial charge in [-0.25, -0.2) is 9.97 Å². The van der Waals surface area contributed by atoms with Gasteiger partial charge in [-0.05, 0) is 38.9 Å². The smallest absolute Gasteiger partial charge is 0.225 e. The van der Waals surface area contributed by atoms with Crippen molar-refractivity contribution in [2.45, 2.75) is 18.9 Å². The van der Waals surface area contributed by atoms with Crippen LogP contribution in [0.1, 0.15) is 12.8 Å². The summed E-state index contributed by atoms with van der Waals surface area (Å²) >= 11 is 0. The molecule has 0 spiro atoms. The standard InChI is InChI=1S/C17H29N7/c1-18-16(21-13-15(22(2)3)14-5-6-14)23-9-11-24(12-10-23)17-19-7-4-8-20-17/h4,7-8,14-15H,5-6,9-13H2,1-3H3,(H,18,21). The topological polar surface area (TPSA) is 59.9 Å². The van der Waals surface area contributed by atoms with Crippen LogP contribution in [0.4, 0.5) is 5.95 Å². The number of aromatic nitrogens is 2. The first kappa shape index (κ1) is 17.0. The Morgan fingerprint density at radius 1 is 1.25 bits per heavy atom. The Kier molecular flexibility index (Phi) is 5.50. The van der Waals surface area contributed by atoms with Crippen LogP contribution in [0.2, 0.25) is 0 Å². The summed E-state index contributed by atoms with van der Waals surface area (Å²) in [4.78, 5) is 20.1. The monoisotopic (exact) mass is 331 g/mol. The minimum Gasteiger partial charge on any atom is -0.355 e. The lowest BCUT2D eigenvalue weighted by molar-refractivity contribution is 0.260. The fraction of sp³-hybridized carbons (Fsp3) is 0.706. The molecule has 1 saturated heterocycles. The highest BCUT2D eigenvalue weighted by atomic mass is 15.4. The van der Waals surface area contributed by atoms with E-state index in [0.717, 1.165) is 50.5 Å².